The molecule has 1 aliphatic rings. The first-order valence-corrected chi connectivity index (χ1v) is 9.49. The van der Waals surface area contributed by atoms with Gasteiger partial charge in [0, 0.05) is 67.1 Å². The standard InChI is InChI=1S/C19H21N5S/c1-13(2)19-22-16(12-25-19)11-24-7-5-17-15(10-24)9-21-18(23-17)14-4-3-6-20-8-14/h3-4,6,8-9,12-13H,5,7,10-11H2,1-2H3. The first kappa shape index (κ1) is 16.3. The van der Waals surface area contributed by atoms with E-state index in [1.54, 1.807) is 17.5 Å². The maximum atomic E-state index is 4.76. The number of aromatic nitrogens is 4. The maximum absolute atomic E-state index is 4.76. The van der Waals surface area contributed by atoms with Crippen LogP contribution in [0.3, 0.4) is 0 Å². The van der Waals surface area contributed by atoms with Gasteiger partial charge >= 0.3 is 0 Å². The third-order valence-corrected chi connectivity index (χ3v) is 5.58. The van der Waals surface area contributed by atoms with Crippen molar-refractivity contribution in [1.82, 2.24) is 24.8 Å². The first-order valence-electron chi connectivity index (χ1n) is 8.61. The minimum atomic E-state index is 0.500. The van der Waals surface area contributed by atoms with Crippen molar-refractivity contribution in [2.75, 3.05) is 6.54 Å². The van der Waals surface area contributed by atoms with Crippen LogP contribution in [0.5, 0.6) is 0 Å². The van der Waals surface area contributed by atoms with Crippen molar-refractivity contribution < 1.29 is 0 Å². The quantitative estimate of drug-likeness (QED) is 0.718. The fourth-order valence-corrected chi connectivity index (χ4v) is 3.86. The normalized spacial score (nSPS) is 14.7. The summed E-state index contributed by atoms with van der Waals surface area (Å²) in [5.74, 6) is 1.27. The third kappa shape index (κ3) is 3.60. The average Bonchev–Trinajstić information content (AvgIpc) is 3.11. The molecule has 4 heterocycles. The van der Waals surface area contributed by atoms with Gasteiger partial charge in [0.15, 0.2) is 5.82 Å². The van der Waals surface area contributed by atoms with Crippen molar-refractivity contribution in [3.05, 3.63) is 58.1 Å². The number of pyridine rings is 1. The Kier molecular flexibility index (Phi) is 4.55. The molecule has 0 aliphatic carbocycles. The van der Waals surface area contributed by atoms with Crippen LogP contribution in [-0.2, 0) is 19.5 Å². The molecule has 5 nitrogen and oxygen atoms in total. The Morgan fingerprint density at radius 1 is 1.24 bits per heavy atom. The lowest BCUT2D eigenvalue weighted by Crippen LogP contribution is -2.31. The van der Waals surface area contributed by atoms with E-state index in [2.05, 4.69) is 34.1 Å². The summed E-state index contributed by atoms with van der Waals surface area (Å²) >= 11 is 1.76. The van der Waals surface area contributed by atoms with Crippen molar-refractivity contribution in [3.8, 4) is 11.4 Å². The summed E-state index contributed by atoms with van der Waals surface area (Å²) in [6, 6.07) is 3.91. The number of fused-ring (bicyclic) bond motifs is 1. The molecular weight excluding hydrogens is 330 g/mol. The van der Waals surface area contributed by atoms with Crippen LogP contribution in [-0.4, -0.2) is 31.4 Å². The van der Waals surface area contributed by atoms with E-state index in [1.165, 1.54) is 16.3 Å². The largest absolute Gasteiger partial charge is 0.293 e. The SMILES string of the molecule is CC(C)c1nc(CN2CCc3nc(-c4cccnc4)ncc3C2)cs1. The van der Waals surface area contributed by atoms with Crippen LogP contribution < -0.4 is 0 Å². The van der Waals surface area contributed by atoms with E-state index < -0.39 is 0 Å². The summed E-state index contributed by atoms with van der Waals surface area (Å²) in [6.07, 6.45) is 6.50. The van der Waals surface area contributed by atoms with Gasteiger partial charge in [-0.15, -0.1) is 11.3 Å². The predicted octanol–water partition coefficient (Wildman–Crippen LogP) is 3.68. The minimum absolute atomic E-state index is 0.500. The molecule has 0 radical (unpaired) electrons. The van der Waals surface area contributed by atoms with E-state index in [1.807, 2.05) is 24.5 Å². The van der Waals surface area contributed by atoms with Crippen LogP contribution in [0.25, 0.3) is 11.4 Å². The lowest BCUT2D eigenvalue weighted by Gasteiger charge is -2.27. The topological polar surface area (TPSA) is 54.8 Å². The molecule has 25 heavy (non-hydrogen) atoms. The zero-order chi connectivity index (χ0) is 17.2. The average molecular weight is 351 g/mol. The zero-order valence-corrected chi connectivity index (χ0v) is 15.3. The molecule has 4 rings (SSSR count). The number of hydrogen-bond donors (Lipinski definition) is 0. The smallest absolute Gasteiger partial charge is 0.160 e. The third-order valence-electron chi connectivity index (χ3n) is 4.38. The van der Waals surface area contributed by atoms with E-state index in [0.29, 0.717) is 5.92 Å². The molecule has 0 saturated carbocycles. The number of rotatable bonds is 4. The first-order chi connectivity index (χ1) is 12.2. The van der Waals surface area contributed by atoms with Crippen LogP contribution in [0.15, 0.2) is 36.1 Å². The second-order valence-electron chi connectivity index (χ2n) is 6.70. The Bertz CT molecular complexity index is 859. The Balaban J connectivity index is 1.48. The van der Waals surface area contributed by atoms with Gasteiger partial charge in [-0.2, -0.15) is 0 Å². The highest BCUT2D eigenvalue weighted by Crippen LogP contribution is 2.24. The van der Waals surface area contributed by atoms with Crippen LogP contribution in [0.2, 0.25) is 0 Å². The maximum Gasteiger partial charge on any atom is 0.160 e. The van der Waals surface area contributed by atoms with Crippen molar-refractivity contribution >= 4 is 11.3 Å². The van der Waals surface area contributed by atoms with Crippen LogP contribution in [0, 0.1) is 0 Å². The molecule has 0 spiro atoms. The number of thiazole rings is 1. The highest BCUT2D eigenvalue weighted by molar-refractivity contribution is 7.09. The molecule has 3 aromatic heterocycles. The lowest BCUT2D eigenvalue weighted by molar-refractivity contribution is 0.240. The second kappa shape index (κ2) is 6.98. The Morgan fingerprint density at radius 2 is 2.16 bits per heavy atom. The molecule has 6 heteroatoms. The van der Waals surface area contributed by atoms with Crippen molar-refractivity contribution in [1.29, 1.82) is 0 Å². The summed E-state index contributed by atoms with van der Waals surface area (Å²) in [5, 5.41) is 3.41. The summed E-state index contributed by atoms with van der Waals surface area (Å²) < 4.78 is 0. The Morgan fingerprint density at radius 3 is 2.92 bits per heavy atom. The molecule has 0 N–H and O–H groups in total. The Hall–Kier alpha value is -2.18. The fourth-order valence-electron chi connectivity index (χ4n) is 3.03. The zero-order valence-electron chi connectivity index (χ0n) is 14.5. The molecule has 0 bridgehead atoms. The van der Waals surface area contributed by atoms with Crippen molar-refractivity contribution in [3.63, 3.8) is 0 Å². The van der Waals surface area contributed by atoms with E-state index in [4.69, 9.17) is 9.97 Å². The van der Waals surface area contributed by atoms with E-state index in [0.717, 1.165) is 43.1 Å². The van der Waals surface area contributed by atoms with Gasteiger partial charge in [-0.1, -0.05) is 13.8 Å². The lowest BCUT2D eigenvalue weighted by atomic mass is 10.1. The molecule has 0 unspecified atom stereocenters. The molecule has 0 amide bonds. The van der Waals surface area contributed by atoms with E-state index in [9.17, 15) is 0 Å². The molecule has 1 aliphatic heterocycles. The van der Waals surface area contributed by atoms with Gasteiger partial charge in [0.25, 0.3) is 0 Å². The van der Waals surface area contributed by atoms with E-state index in [-0.39, 0.29) is 0 Å². The molecule has 0 atom stereocenters. The minimum Gasteiger partial charge on any atom is -0.293 e. The summed E-state index contributed by atoms with van der Waals surface area (Å²) in [7, 11) is 0. The molecule has 0 fully saturated rings. The highest BCUT2D eigenvalue weighted by atomic mass is 32.1. The summed E-state index contributed by atoms with van der Waals surface area (Å²) in [5.41, 5.74) is 4.52. The Labute approximate surface area is 151 Å². The molecule has 128 valence electrons. The van der Waals surface area contributed by atoms with Gasteiger partial charge in [0.2, 0.25) is 0 Å². The van der Waals surface area contributed by atoms with Crippen LogP contribution in [0.1, 0.15) is 41.7 Å². The van der Waals surface area contributed by atoms with Crippen molar-refractivity contribution in [2.45, 2.75) is 39.3 Å². The van der Waals surface area contributed by atoms with Gasteiger partial charge in [0.05, 0.1) is 16.4 Å². The number of hydrogen-bond acceptors (Lipinski definition) is 6. The molecule has 0 aromatic carbocycles. The molecular formula is C19H21N5S. The second-order valence-corrected chi connectivity index (χ2v) is 7.59. The monoisotopic (exact) mass is 351 g/mol. The van der Waals surface area contributed by atoms with Crippen LogP contribution in [0.4, 0.5) is 0 Å². The molecule has 0 saturated heterocycles. The van der Waals surface area contributed by atoms with Gasteiger partial charge in [-0.3, -0.25) is 9.88 Å². The highest BCUT2D eigenvalue weighted by Gasteiger charge is 2.20. The van der Waals surface area contributed by atoms with Crippen molar-refractivity contribution in [2.24, 2.45) is 0 Å². The van der Waals surface area contributed by atoms with Gasteiger partial charge in [0.1, 0.15) is 0 Å². The van der Waals surface area contributed by atoms with Gasteiger partial charge < -0.3 is 0 Å². The summed E-state index contributed by atoms with van der Waals surface area (Å²) in [6.45, 7) is 7.17. The fraction of sp³-hybridized carbons (Fsp3) is 0.368. The van der Waals surface area contributed by atoms with E-state index >= 15 is 0 Å². The summed E-state index contributed by atoms with van der Waals surface area (Å²) in [4.78, 5) is 20.6. The predicted molar refractivity (Wildman–Crippen MR) is 99.3 cm³/mol. The van der Waals surface area contributed by atoms with Crippen LogP contribution >= 0.6 is 11.3 Å². The van der Waals surface area contributed by atoms with Gasteiger partial charge in [-0.05, 0) is 12.1 Å². The molecule has 3 aromatic rings. The number of nitrogens with zero attached hydrogens (tertiary/aromatic N) is 5. The van der Waals surface area contributed by atoms with Gasteiger partial charge in [-0.25, -0.2) is 15.0 Å².